The Bertz CT molecular complexity index is 291. The van der Waals surface area contributed by atoms with Crippen LogP contribution in [0.15, 0.2) is 29.2 Å². The fraction of sp³-hybridized carbons (Fsp3) is 0.125. The summed E-state index contributed by atoms with van der Waals surface area (Å²) >= 11 is 12.6. The van der Waals surface area contributed by atoms with E-state index in [2.05, 4.69) is 0 Å². The molecule has 0 N–H and O–H groups in total. The van der Waals surface area contributed by atoms with Crippen LogP contribution in [0.5, 0.6) is 0 Å². The maximum atomic E-state index is 8.42. The van der Waals surface area contributed by atoms with Crippen LogP contribution < -0.4 is 0 Å². The van der Waals surface area contributed by atoms with Gasteiger partial charge < -0.3 is 0 Å². The molecule has 1 rings (SSSR count). The molecular formula is C8H5Cl2NS. The monoisotopic (exact) mass is 217 g/mol. The smallest absolute Gasteiger partial charge is 0.170 e. The molecule has 0 aromatic heterocycles. The molecule has 4 heteroatoms. The topological polar surface area (TPSA) is 23.8 Å². The Morgan fingerprint density at radius 1 is 1.33 bits per heavy atom. The van der Waals surface area contributed by atoms with Gasteiger partial charge in [0.2, 0.25) is 0 Å². The molecule has 12 heavy (non-hydrogen) atoms. The van der Waals surface area contributed by atoms with E-state index in [1.54, 1.807) is 12.1 Å². The van der Waals surface area contributed by atoms with Gasteiger partial charge in [0.25, 0.3) is 0 Å². The number of hydrogen-bond donors (Lipinski definition) is 0. The minimum atomic E-state index is -0.536. The van der Waals surface area contributed by atoms with Gasteiger partial charge in [-0.15, -0.1) is 0 Å². The maximum absolute atomic E-state index is 8.42. The van der Waals surface area contributed by atoms with Crippen molar-refractivity contribution in [2.75, 3.05) is 0 Å². The summed E-state index contributed by atoms with van der Waals surface area (Å²) in [4.78, 5) is 0.945. The van der Waals surface area contributed by atoms with E-state index in [1.807, 2.05) is 18.2 Å². The zero-order valence-electron chi connectivity index (χ0n) is 6.00. The SMILES string of the molecule is N#CC(Cl)Sc1ccc(Cl)cc1. The first kappa shape index (κ1) is 9.73. The lowest BCUT2D eigenvalue weighted by Crippen LogP contribution is -1.84. The number of alkyl halides is 1. The zero-order valence-corrected chi connectivity index (χ0v) is 8.33. The number of benzene rings is 1. The van der Waals surface area contributed by atoms with Gasteiger partial charge in [0.05, 0.1) is 6.07 Å². The number of halogens is 2. The molecule has 0 spiro atoms. The Balaban J connectivity index is 2.66. The van der Waals surface area contributed by atoms with Crippen LogP contribution in [0.3, 0.4) is 0 Å². The van der Waals surface area contributed by atoms with Crippen molar-refractivity contribution < 1.29 is 0 Å². The molecule has 1 atom stereocenters. The second-order valence-electron chi connectivity index (χ2n) is 2.02. The molecule has 1 nitrogen and oxygen atoms in total. The minimum absolute atomic E-state index is 0.536. The molecule has 0 heterocycles. The normalized spacial score (nSPS) is 12.1. The summed E-state index contributed by atoms with van der Waals surface area (Å²) in [5.41, 5.74) is 0. The van der Waals surface area contributed by atoms with Crippen LogP contribution in [0.1, 0.15) is 0 Å². The number of nitriles is 1. The lowest BCUT2D eigenvalue weighted by atomic mass is 10.4. The van der Waals surface area contributed by atoms with Crippen LogP contribution in [0, 0.1) is 11.3 Å². The zero-order chi connectivity index (χ0) is 8.97. The van der Waals surface area contributed by atoms with Gasteiger partial charge in [-0.05, 0) is 24.3 Å². The fourth-order valence-corrected chi connectivity index (χ4v) is 1.68. The third-order valence-corrected chi connectivity index (χ3v) is 2.63. The van der Waals surface area contributed by atoms with E-state index in [-0.39, 0.29) is 0 Å². The van der Waals surface area contributed by atoms with Crippen LogP contribution >= 0.6 is 35.0 Å². The molecule has 0 aliphatic heterocycles. The Morgan fingerprint density at radius 3 is 2.42 bits per heavy atom. The highest BCUT2D eigenvalue weighted by atomic mass is 35.5. The van der Waals surface area contributed by atoms with Crippen molar-refractivity contribution in [1.82, 2.24) is 0 Å². The van der Waals surface area contributed by atoms with Crippen LogP contribution in [0.2, 0.25) is 5.02 Å². The average Bonchev–Trinajstić information content (AvgIpc) is 2.09. The first-order chi connectivity index (χ1) is 5.72. The van der Waals surface area contributed by atoms with Crippen molar-refractivity contribution >= 4 is 35.0 Å². The summed E-state index contributed by atoms with van der Waals surface area (Å²) < 4.78 is -0.536. The van der Waals surface area contributed by atoms with Crippen molar-refractivity contribution in [3.05, 3.63) is 29.3 Å². The van der Waals surface area contributed by atoms with E-state index in [0.29, 0.717) is 5.02 Å². The minimum Gasteiger partial charge on any atom is -0.196 e. The highest BCUT2D eigenvalue weighted by Crippen LogP contribution is 2.26. The van der Waals surface area contributed by atoms with E-state index in [9.17, 15) is 0 Å². The molecule has 0 aliphatic rings. The number of thioether (sulfide) groups is 1. The lowest BCUT2D eigenvalue weighted by molar-refractivity contribution is 1.42. The first-order valence-corrected chi connectivity index (χ1v) is 4.87. The fourth-order valence-electron chi connectivity index (χ4n) is 0.659. The summed E-state index contributed by atoms with van der Waals surface area (Å²) in [6.45, 7) is 0. The summed E-state index contributed by atoms with van der Waals surface area (Å²) in [5.74, 6) is 0. The molecular weight excluding hydrogens is 213 g/mol. The van der Waals surface area contributed by atoms with Gasteiger partial charge >= 0.3 is 0 Å². The molecule has 1 aromatic rings. The highest BCUT2D eigenvalue weighted by Gasteiger charge is 2.03. The second kappa shape index (κ2) is 4.61. The molecule has 62 valence electrons. The molecule has 0 aliphatic carbocycles. The number of nitrogens with zero attached hydrogens (tertiary/aromatic N) is 1. The summed E-state index contributed by atoms with van der Waals surface area (Å²) in [5, 5.41) is 9.10. The molecule has 0 saturated heterocycles. The van der Waals surface area contributed by atoms with Gasteiger partial charge in [0.15, 0.2) is 4.71 Å². The summed E-state index contributed by atoms with van der Waals surface area (Å²) in [7, 11) is 0. The summed E-state index contributed by atoms with van der Waals surface area (Å²) in [6.07, 6.45) is 0. The van der Waals surface area contributed by atoms with Gasteiger partial charge in [-0.3, -0.25) is 0 Å². The van der Waals surface area contributed by atoms with E-state index < -0.39 is 4.71 Å². The van der Waals surface area contributed by atoms with Crippen molar-refractivity contribution in [2.24, 2.45) is 0 Å². The van der Waals surface area contributed by atoms with Crippen molar-refractivity contribution in [2.45, 2.75) is 9.60 Å². The van der Waals surface area contributed by atoms with E-state index >= 15 is 0 Å². The standard InChI is InChI=1S/C8H5Cl2NS/c9-6-1-3-7(4-2-6)12-8(10)5-11/h1-4,8H. The molecule has 0 fully saturated rings. The molecule has 0 amide bonds. The third-order valence-electron chi connectivity index (χ3n) is 1.15. The molecule has 1 aromatic carbocycles. The largest absolute Gasteiger partial charge is 0.196 e. The highest BCUT2D eigenvalue weighted by molar-refractivity contribution is 8.01. The Labute approximate surface area is 85.3 Å². The Hall–Kier alpha value is -0.360. The van der Waals surface area contributed by atoms with Gasteiger partial charge in [-0.2, -0.15) is 5.26 Å². The second-order valence-corrected chi connectivity index (χ2v) is 4.33. The van der Waals surface area contributed by atoms with Gasteiger partial charge in [-0.1, -0.05) is 35.0 Å². The lowest BCUT2D eigenvalue weighted by Gasteiger charge is -1.99. The number of rotatable bonds is 2. The van der Waals surface area contributed by atoms with Crippen molar-refractivity contribution in [1.29, 1.82) is 5.26 Å². The van der Waals surface area contributed by atoms with Crippen LogP contribution in [0.25, 0.3) is 0 Å². The molecule has 0 bridgehead atoms. The Morgan fingerprint density at radius 2 is 1.92 bits per heavy atom. The van der Waals surface area contributed by atoms with Crippen molar-refractivity contribution in [3.8, 4) is 6.07 Å². The van der Waals surface area contributed by atoms with E-state index in [4.69, 9.17) is 28.5 Å². The van der Waals surface area contributed by atoms with Crippen molar-refractivity contribution in [3.63, 3.8) is 0 Å². The van der Waals surface area contributed by atoms with E-state index in [1.165, 1.54) is 11.8 Å². The predicted molar refractivity (Wildman–Crippen MR) is 52.6 cm³/mol. The third kappa shape index (κ3) is 2.94. The molecule has 0 saturated carbocycles. The number of hydrogen-bond acceptors (Lipinski definition) is 2. The van der Waals surface area contributed by atoms with Gasteiger partial charge in [-0.25, -0.2) is 0 Å². The summed E-state index contributed by atoms with van der Waals surface area (Å²) in [6, 6.07) is 9.13. The van der Waals surface area contributed by atoms with Crippen LogP contribution in [-0.4, -0.2) is 4.71 Å². The van der Waals surface area contributed by atoms with E-state index in [0.717, 1.165) is 4.90 Å². The maximum Gasteiger partial charge on any atom is 0.170 e. The Kier molecular flexibility index (Phi) is 3.74. The van der Waals surface area contributed by atoms with Crippen LogP contribution in [-0.2, 0) is 0 Å². The molecule has 1 unspecified atom stereocenters. The average molecular weight is 218 g/mol. The van der Waals surface area contributed by atoms with Crippen LogP contribution in [0.4, 0.5) is 0 Å². The predicted octanol–water partition coefficient (Wildman–Crippen LogP) is 3.52. The first-order valence-electron chi connectivity index (χ1n) is 3.18. The van der Waals surface area contributed by atoms with Gasteiger partial charge in [0, 0.05) is 9.92 Å². The quantitative estimate of drug-likeness (QED) is 0.560. The van der Waals surface area contributed by atoms with Gasteiger partial charge in [0.1, 0.15) is 0 Å². The molecule has 0 radical (unpaired) electrons.